The van der Waals surface area contributed by atoms with Gasteiger partial charge in [-0.25, -0.2) is 0 Å². The molecule has 0 heterocycles. The molecule has 0 aliphatic heterocycles. The van der Waals surface area contributed by atoms with Gasteiger partial charge in [0.2, 0.25) is 0 Å². The number of nitrogens with one attached hydrogen (secondary N) is 1. The van der Waals surface area contributed by atoms with Crippen LogP contribution in [0.2, 0.25) is 0 Å². The van der Waals surface area contributed by atoms with Crippen LogP contribution in [-0.4, -0.2) is 45.0 Å². The van der Waals surface area contributed by atoms with Gasteiger partial charge in [0.15, 0.2) is 0 Å². The minimum absolute atomic E-state index is 0. The molecular weight excluding hydrogens is 201 g/mol. The summed E-state index contributed by atoms with van der Waals surface area (Å²) in [5.41, 5.74) is 0. The van der Waals surface area contributed by atoms with Crippen LogP contribution in [0.15, 0.2) is 30.3 Å². The van der Waals surface area contributed by atoms with Crippen molar-refractivity contribution < 1.29 is 12.6 Å². The Labute approximate surface area is 99.8 Å². The summed E-state index contributed by atoms with van der Waals surface area (Å²) in [5, 5.41) is 0. The van der Waals surface area contributed by atoms with E-state index in [0.29, 0.717) is 5.75 Å². The predicted octanol–water partition coefficient (Wildman–Crippen LogP) is -0.119. The van der Waals surface area contributed by atoms with Gasteiger partial charge in [0, 0.05) is 7.05 Å². The van der Waals surface area contributed by atoms with E-state index in [1.54, 1.807) is 30.3 Å². The van der Waals surface area contributed by atoms with Gasteiger partial charge in [-0.3, -0.25) is 0 Å². The third kappa shape index (κ3) is 4.64. The Morgan fingerprint density at radius 2 is 1.77 bits per heavy atom. The molecule has 0 spiro atoms. The minimum atomic E-state index is -3.62. The van der Waals surface area contributed by atoms with E-state index >= 15 is 0 Å². The first-order valence-corrected chi connectivity index (χ1v) is 4.73. The van der Waals surface area contributed by atoms with Crippen LogP contribution in [0.1, 0.15) is 0 Å². The van der Waals surface area contributed by atoms with E-state index in [9.17, 15) is 8.42 Å². The van der Waals surface area contributed by atoms with Crippen molar-refractivity contribution in [2.45, 2.75) is 0 Å². The molecule has 0 amide bonds. The Morgan fingerprint density at radius 3 is 2.23 bits per heavy atom. The summed E-state index contributed by atoms with van der Waals surface area (Å²) in [7, 11) is -2.33. The van der Waals surface area contributed by atoms with Crippen molar-refractivity contribution in [3.63, 3.8) is 0 Å². The second-order valence-corrected chi connectivity index (χ2v) is 3.54. The van der Waals surface area contributed by atoms with Gasteiger partial charge in [0.1, 0.15) is 5.75 Å². The van der Waals surface area contributed by atoms with Crippen molar-refractivity contribution >= 4 is 39.9 Å². The van der Waals surface area contributed by atoms with Crippen molar-refractivity contribution in [3.8, 4) is 5.75 Å². The fourth-order valence-electron chi connectivity index (χ4n) is 0.644. The van der Waals surface area contributed by atoms with E-state index < -0.39 is 10.3 Å². The Hall–Kier alpha value is -0.0700. The zero-order chi connectivity index (χ0) is 9.03. The molecule has 1 N–H and O–H groups in total. The first kappa shape index (κ1) is 12.9. The summed E-state index contributed by atoms with van der Waals surface area (Å²) in [5.74, 6) is 0.298. The molecule has 1 aromatic rings. The van der Waals surface area contributed by atoms with Gasteiger partial charge >= 0.3 is 39.9 Å². The average Bonchev–Trinajstić information content (AvgIpc) is 2.06. The summed E-state index contributed by atoms with van der Waals surface area (Å²) in [6, 6.07) is 8.30. The zero-order valence-corrected chi connectivity index (χ0v) is 7.34. The SMILES string of the molecule is CNS(=O)(=O)Oc1ccccc1.[NaH]. The molecule has 0 fully saturated rings. The third-order valence-corrected chi connectivity index (χ3v) is 2.11. The van der Waals surface area contributed by atoms with E-state index in [4.69, 9.17) is 0 Å². The molecule has 0 unspecified atom stereocenters. The van der Waals surface area contributed by atoms with E-state index in [1.165, 1.54) is 7.05 Å². The molecule has 0 radical (unpaired) electrons. The van der Waals surface area contributed by atoms with Crippen LogP contribution in [0.5, 0.6) is 5.75 Å². The van der Waals surface area contributed by atoms with Crippen molar-refractivity contribution in [2.75, 3.05) is 7.05 Å². The molecule has 13 heavy (non-hydrogen) atoms. The van der Waals surface area contributed by atoms with E-state index in [1.807, 2.05) is 4.72 Å². The molecule has 0 aliphatic rings. The van der Waals surface area contributed by atoms with Gasteiger partial charge in [-0.15, -0.1) is 0 Å². The van der Waals surface area contributed by atoms with Gasteiger partial charge in [0.05, 0.1) is 0 Å². The third-order valence-electron chi connectivity index (χ3n) is 1.20. The van der Waals surface area contributed by atoms with Crippen molar-refractivity contribution in [3.05, 3.63) is 30.3 Å². The molecule has 1 aromatic carbocycles. The number of benzene rings is 1. The first-order valence-electron chi connectivity index (χ1n) is 3.32. The number of para-hydroxylation sites is 1. The molecule has 0 saturated carbocycles. The molecule has 68 valence electrons. The van der Waals surface area contributed by atoms with Crippen LogP contribution in [-0.2, 0) is 10.3 Å². The average molecular weight is 211 g/mol. The molecule has 0 atom stereocenters. The molecule has 4 nitrogen and oxygen atoms in total. The van der Waals surface area contributed by atoms with Crippen LogP contribution in [0.25, 0.3) is 0 Å². The summed E-state index contributed by atoms with van der Waals surface area (Å²) < 4.78 is 28.3. The first-order chi connectivity index (χ1) is 5.64. The van der Waals surface area contributed by atoms with Crippen LogP contribution < -0.4 is 8.91 Å². The van der Waals surface area contributed by atoms with Gasteiger partial charge in [-0.1, -0.05) is 18.2 Å². The topological polar surface area (TPSA) is 55.4 Å². The van der Waals surface area contributed by atoms with Crippen LogP contribution in [0, 0.1) is 0 Å². The predicted molar refractivity (Wildman–Crippen MR) is 52.2 cm³/mol. The van der Waals surface area contributed by atoms with Crippen molar-refractivity contribution in [1.29, 1.82) is 0 Å². The Bertz CT molecular complexity index is 338. The second-order valence-electron chi connectivity index (χ2n) is 2.05. The summed E-state index contributed by atoms with van der Waals surface area (Å²) >= 11 is 0. The summed E-state index contributed by atoms with van der Waals surface area (Å²) in [4.78, 5) is 0. The van der Waals surface area contributed by atoms with Crippen molar-refractivity contribution in [1.82, 2.24) is 4.72 Å². The monoisotopic (exact) mass is 211 g/mol. The van der Waals surface area contributed by atoms with Gasteiger partial charge in [-0.2, -0.15) is 13.1 Å². The fraction of sp³-hybridized carbons (Fsp3) is 0.143. The van der Waals surface area contributed by atoms with E-state index in [2.05, 4.69) is 4.18 Å². The number of hydrogen-bond donors (Lipinski definition) is 1. The Morgan fingerprint density at radius 1 is 1.23 bits per heavy atom. The Balaban J connectivity index is 0.00000144. The second kappa shape index (κ2) is 5.62. The van der Waals surface area contributed by atoms with Crippen LogP contribution >= 0.6 is 0 Å². The summed E-state index contributed by atoms with van der Waals surface area (Å²) in [6.45, 7) is 0. The maximum atomic E-state index is 10.8. The standard InChI is InChI=1S/C7H9NO3S.Na.H/c1-8-12(9,10)11-7-5-3-2-4-6-7;;/h2-6,8H,1H3;;. The quantitative estimate of drug-likeness (QED) is 0.709. The number of hydrogen-bond acceptors (Lipinski definition) is 3. The van der Waals surface area contributed by atoms with Crippen LogP contribution in [0.4, 0.5) is 0 Å². The molecule has 0 aromatic heterocycles. The maximum absolute atomic E-state index is 10.8. The normalized spacial score (nSPS) is 10.2. The van der Waals surface area contributed by atoms with E-state index in [0.717, 1.165) is 0 Å². The molecule has 0 aliphatic carbocycles. The fourth-order valence-corrected chi connectivity index (χ4v) is 1.09. The molecular formula is C7H10NNaO3S. The van der Waals surface area contributed by atoms with Gasteiger partial charge in [-0.05, 0) is 12.1 Å². The van der Waals surface area contributed by atoms with Crippen LogP contribution in [0.3, 0.4) is 0 Å². The van der Waals surface area contributed by atoms with Gasteiger partial charge in [0.25, 0.3) is 0 Å². The Kier molecular flexibility index (Phi) is 5.59. The molecule has 0 bridgehead atoms. The molecule has 6 heteroatoms. The van der Waals surface area contributed by atoms with Gasteiger partial charge < -0.3 is 4.18 Å². The molecule has 1 rings (SSSR count). The number of rotatable bonds is 3. The zero-order valence-electron chi connectivity index (χ0n) is 6.52. The van der Waals surface area contributed by atoms with E-state index in [-0.39, 0.29) is 29.6 Å². The molecule has 0 saturated heterocycles. The van der Waals surface area contributed by atoms with Crippen molar-refractivity contribution in [2.24, 2.45) is 0 Å². The summed E-state index contributed by atoms with van der Waals surface area (Å²) in [6.07, 6.45) is 0.